The van der Waals surface area contributed by atoms with Gasteiger partial charge in [-0.3, -0.25) is 0 Å². The maximum Gasteiger partial charge on any atom is 0.341 e. The highest BCUT2D eigenvalue weighted by molar-refractivity contribution is 7.89. The first kappa shape index (κ1) is 20.0. The number of benzene rings is 1. The zero-order valence-electron chi connectivity index (χ0n) is 14.2. The molecule has 0 spiro atoms. The number of nitrogens with one attached hydrogen (secondary N) is 2. The van der Waals surface area contributed by atoms with E-state index in [4.69, 9.17) is 4.74 Å². The van der Waals surface area contributed by atoms with Crippen LogP contribution in [0.3, 0.4) is 0 Å². The molecule has 2 N–H and O–H groups in total. The van der Waals surface area contributed by atoms with Gasteiger partial charge in [-0.25, -0.2) is 17.9 Å². The van der Waals surface area contributed by atoms with Crippen molar-refractivity contribution in [3.63, 3.8) is 0 Å². The molecular weight excluding hydrogens is 368 g/mol. The van der Waals surface area contributed by atoms with Gasteiger partial charge in [0, 0.05) is 24.2 Å². The molecule has 7 nitrogen and oxygen atoms in total. The smallest absolute Gasteiger partial charge is 0.341 e. The SMILES string of the molecule is COC(=O)c1ccc(S(=O)(=O)NC2CC3CCC(C2)N3)cc1OC.Cl. The lowest BCUT2D eigenvalue weighted by Gasteiger charge is -2.29. The second-order valence-electron chi connectivity index (χ2n) is 6.28. The Morgan fingerprint density at radius 2 is 1.84 bits per heavy atom. The van der Waals surface area contributed by atoms with E-state index in [-0.39, 0.29) is 34.7 Å². The fourth-order valence-electron chi connectivity index (χ4n) is 3.56. The van der Waals surface area contributed by atoms with Crippen molar-refractivity contribution in [3.05, 3.63) is 23.8 Å². The number of ether oxygens (including phenoxy) is 2. The summed E-state index contributed by atoms with van der Waals surface area (Å²) in [5.74, 6) is -0.395. The summed E-state index contributed by atoms with van der Waals surface area (Å²) in [5, 5.41) is 3.48. The third kappa shape index (κ3) is 4.25. The van der Waals surface area contributed by atoms with Gasteiger partial charge in [-0.2, -0.15) is 0 Å². The molecule has 0 aromatic heterocycles. The van der Waals surface area contributed by atoms with E-state index in [1.165, 1.54) is 32.4 Å². The minimum Gasteiger partial charge on any atom is -0.496 e. The highest BCUT2D eigenvalue weighted by atomic mass is 35.5. The molecule has 2 heterocycles. The van der Waals surface area contributed by atoms with Gasteiger partial charge in [-0.05, 0) is 37.8 Å². The molecule has 0 aliphatic carbocycles. The van der Waals surface area contributed by atoms with E-state index in [0.717, 1.165) is 25.7 Å². The van der Waals surface area contributed by atoms with Gasteiger partial charge in [-0.1, -0.05) is 0 Å². The molecule has 9 heteroatoms. The van der Waals surface area contributed by atoms with Crippen molar-refractivity contribution in [1.29, 1.82) is 0 Å². The molecule has 2 atom stereocenters. The van der Waals surface area contributed by atoms with Crippen LogP contribution in [-0.2, 0) is 14.8 Å². The van der Waals surface area contributed by atoms with Gasteiger partial charge < -0.3 is 14.8 Å². The van der Waals surface area contributed by atoms with Gasteiger partial charge in [-0.15, -0.1) is 12.4 Å². The minimum atomic E-state index is -3.67. The minimum absolute atomic E-state index is 0. The van der Waals surface area contributed by atoms with Crippen LogP contribution in [0.1, 0.15) is 36.0 Å². The summed E-state index contributed by atoms with van der Waals surface area (Å²) in [4.78, 5) is 11.8. The molecule has 2 saturated heterocycles. The Hall–Kier alpha value is -1.35. The molecule has 2 aliphatic heterocycles. The number of rotatable bonds is 5. The zero-order valence-corrected chi connectivity index (χ0v) is 15.8. The summed E-state index contributed by atoms with van der Waals surface area (Å²) in [7, 11) is -1.02. The van der Waals surface area contributed by atoms with Gasteiger partial charge in [0.1, 0.15) is 11.3 Å². The molecule has 0 amide bonds. The van der Waals surface area contributed by atoms with Crippen molar-refractivity contribution in [1.82, 2.24) is 10.0 Å². The van der Waals surface area contributed by atoms with Crippen molar-refractivity contribution >= 4 is 28.4 Å². The predicted molar refractivity (Wildman–Crippen MR) is 94.9 cm³/mol. The Kier molecular flexibility index (Phi) is 6.31. The van der Waals surface area contributed by atoms with E-state index >= 15 is 0 Å². The fraction of sp³-hybridized carbons (Fsp3) is 0.562. The number of methoxy groups -OCH3 is 2. The number of carbonyl (C=O) groups is 1. The second-order valence-corrected chi connectivity index (χ2v) is 8.00. The zero-order chi connectivity index (χ0) is 17.3. The van der Waals surface area contributed by atoms with Crippen LogP contribution in [0.4, 0.5) is 0 Å². The third-order valence-corrected chi connectivity index (χ3v) is 6.20. The quantitative estimate of drug-likeness (QED) is 0.739. The van der Waals surface area contributed by atoms with Crippen LogP contribution in [0, 0.1) is 0 Å². The average Bonchev–Trinajstić information content (AvgIpc) is 2.91. The maximum atomic E-state index is 12.6. The number of hydrogen-bond donors (Lipinski definition) is 2. The first-order chi connectivity index (χ1) is 11.4. The Balaban J connectivity index is 0.00000225. The van der Waals surface area contributed by atoms with Crippen LogP contribution in [0.5, 0.6) is 5.75 Å². The van der Waals surface area contributed by atoms with Gasteiger partial charge in [0.05, 0.1) is 19.1 Å². The lowest BCUT2D eigenvalue weighted by molar-refractivity contribution is 0.0597. The summed E-state index contributed by atoms with van der Waals surface area (Å²) in [6.45, 7) is 0. The number of halogens is 1. The molecule has 2 aliphatic rings. The number of esters is 1. The molecule has 140 valence electrons. The van der Waals surface area contributed by atoms with Crippen molar-refractivity contribution in [2.75, 3.05) is 14.2 Å². The summed E-state index contributed by atoms with van der Waals surface area (Å²) in [5.41, 5.74) is 0.193. The number of sulfonamides is 1. The maximum absolute atomic E-state index is 12.6. The highest BCUT2D eigenvalue weighted by Gasteiger charge is 2.35. The van der Waals surface area contributed by atoms with Crippen LogP contribution in [-0.4, -0.2) is 46.7 Å². The van der Waals surface area contributed by atoms with Crippen LogP contribution in [0.15, 0.2) is 23.1 Å². The predicted octanol–water partition coefficient (Wildman–Crippen LogP) is 1.46. The van der Waals surface area contributed by atoms with E-state index in [1.54, 1.807) is 0 Å². The largest absolute Gasteiger partial charge is 0.496 e. The highest BCUT2D eigenvalue weighted by Crippen LogP contribution is 2.29. The monoisotopic (exact) mass is 390 g/mol. The molecule has 1 aromatic carbocycles. The van der Waals surface area contributed by atoms with E-state index in [9.17, 15) is 13.2 Å². The van der Waals surface area contributed by atoms with Gasteiger partial charge >= 0.3 is 5.97 Å². The second kappa shape index (κ2) is 7.90. The Labute approximate surface area is 153 Å². The Morgan fingerprint density at radius 1 is 1.20 bits per heavy atom. The summed E-state index contributed by atoms with van der Waals surface area (Å²) in [6.07, 6.45) is 3.80. The van der Waals surface area contributed by atoms with Crippen LogP contribution < -0.4 is 14.8 Å². The Bertz CT molecular complexity index is 728. The van der Waals surface area contributed by atoms with Gasteiger partial charge in [0.15, 0.2) is 0 Å². The Morgan fingerprint density at radius 3 is 2.40 bits per heavy atom. The molecule has 0 radical (unpaired) electrons. The van der Waals surface area contributed by atoms with Crippen LogP contribution >= 0.6 is 12.4 Å². The van der Waals surface area contributed by atoms with Crippen molar-refractivity contribution in [2.24, 2.45) is 0 Å². The first-order valence-electron chi connectivity index (χ1n) is 7.97. The van der Waals surface area contributed by atoms with E-state index in [1.807, 2.05) is 0 Å². The summed E-state index contributed by atoms with van der Waals surface area (Å²) < 4.78 is 37.9. The molecule has 3 rings (SSSR count). The summed E-state index contributed by atoms with van der Waals surface area (Å²) >= 11 is 0. The molecule has 25 heavy (non-hydrogen) atoms. The molecule has 2 unspecified atom stereocenters. The van der Waals surface area contributed by atoms with Gasteiger partial charge in [0.25, 0.3) is 0 Å². The van der Waals surface area contributed by atoms with E-state index in [0.29, 0.717) is 12.1 Å². The standard InChI is InChI=1S/C16H22N2O5S.ClH/c1-22-15-9-13(5-6-14(15)16(19)23-2)24(20,21)18-12-7-10-3-4-11(8-12)17-10;/h5-6,9-12,17-18H,3-4,7-8H2,1-2H3;1H. The average molecular weight is 391 g/mol. The normalized spacial score (nSPS) is 25.1. The molecule has 0 saturated carbocycles. The molecule has 2 bridgehead atoms. The molecular formula is C16H23ClN2O5S. The third-order valence-electron chi connectivity index (χ3n) is 4.68. The van der Waals surface area contributed by atoms with Gasteiger partial charge in [0.2, 0.25) is 10.0 Å². The topological polar surface area (TPSA) is 93.7 Å². The number of piperidine rings is 1. The van der Waals surface area contributed by atoms with Crippen molar-refractivity contribution < 1.29 is 22.7 Å². The fourth-order valence-corrected chi connectivity index (χ4v) is 4.83. The molecule has 2 fully saturated rings. The number of fused-ring (bicyclic) bond motifs is 2. The van der Waals surface area contributed by atoms with Crippen LogP contribution in [0.2, 0.25) is 0 Å². The summed E-state index contributed by atoms with van der Waals surface area (Å²) in [6, 6.07) is 4.88. The van der Waals surface area contributed by atoms with E-state index in [2.05, 4.69) is 14.8 Å². The molecule has 1 aromatic rings. The lowest BCUT2D eigenvalue weighted by Crippen LogP contribution is -2.47. The number of carbonyl (C=O) groups excluding carboxylic acids is 1. The first-order valence-corrected chi connectivity index (χ1v) is 9.46. The van der Waals surface area contributed by atoms with Crippen molar-refractivity contribution in [2.45, 2.75) is 48.7 Å². The number of hydrogen-bond acceptors (Lipinski definition) is 6. The van der Waals surface area contributed by atoms with Crippen LogP contribution in [0.25, 0.3) is 0 Å². The van der Waals surface area contributed by atoms with E-state index < -0.39 is 16.0 Å². The van der Waals surface area contributed by atoms with Crippen molar-refractivity contribution in [3.8, 4) is 5.75 Å². The lowest BCUT2D eigenvalue weighted by atomic mass is 10.0.